The molecule has 0 radical (unpaired) electrons. The Balaban J connectivity index is 1.83. The van der Waals surface area contributed by atoms with Gasteiger partial charge in [0.15, 0.2) is 0 Å². The molecule has 0 saturated carbocycles. The monoisotopic (exact) mass is 214 g/mol. The quantitative estimate of drug-likeness (QED) is 0.594. The van der Waals surface area contributed by atoms with E-state index in [0.29, 0.717) is 5.95 Å². The number of hydrazone groups is 1. The summed E-state index contributed by atoms with van der Waals surface area (Å²) in [6, 6.07) is 9.96. The minimum Gasteiger partial charge on any atom is -0.243 e. The minimum atomic E-state index is 0.337. The van der Waals surface area contributed by atoms with Gasteiger partial charge in [0, 0.05) is 6.21 Å². The molecule has 0 spiro atoms. The minimum absolute atomic E-state index is 0.337. The van der Waals surface area contributed by atoms with E-state index in [2.05, 4.69) is 31.2 Å². The van der Waals surface area contributed by atoms with Gasteiger partial charge in [-0.15, -0.1) is 5.10 Å². The highest BCUT2D eigenvalue weighted by Gasteiger charge is 1.89. The molecule has 1 aromatic heterocycles. The van der Waals surface area contributed by atoms with Gasteiger partial charge in [-0.25, -0.2) is 5.43 Å². The number of nitrogens with zero attached hydrogens (tertiary/aromatic N) is 4. The molecule has 0 aliphatic carbocycles. The lowest BCUT2D eigenvalue weighted by atomic mass is 10.2. The largest absolute Gasteiger partial charge is 0.283 e. The van der Waals surface area contributed by atoms with Crippen molar-refractivity contribution in [2.45, 2.75) is 0 Å². The molecular formula is C10H10N6. The highest BCUT2D eigenvalue weighted by atomic mass is 15.5. The maximum Gasteiger partial charge on any atom is 0.283 e. The van der Waals surface area contributed by atoms with Crippen molar-refractivity contribution in [3.05, 3.63) is 42.0 Å². The summed E-state index contributed by atoms with van der Waals surface area (Å²) in [7, 11) is 0. The predicted molar refractivity (Wildman–Crippen MR) is 61.8 cm³/mol. The van der Waals surface area contributed by atoms with Crippen LogP contribution in [-0.4, -0.2) is 26.8 Å². The Morgan fingerprint density at radius 2 is 2.12 bits per heavy atom. The molecule has 0 fully saturated rings. The summed E-state index contributed by atoms with van der Waals surface area (Å²) >= 11 is 0. The number of aromatic nitrogens is 4. The van der Waals surface area contributed by atoms with Gasteiger partial charge in [-0.05, 0) is 16.9 Å². The Hall–Kier alpha value is -2.50. The number of aromatic amines is 1. The Labute approximate surface area is 92.1 Å². The van der Waals surface area contributed by atoms with Gasteiger partial charge in [0.1, 0.15) is 0 Å². The highest BCUT2D eigenvalue weighted by molar-refractivity contribution is 5.78. The lowest BCUT2D eigenvalue weighted by Crippen LogP contribution is -1.90. The molecular weight excluding hydrogens is 204 g/mol. The van der Waals surface area contributed by atoms with E-state index in [1.54, 1.807) is 6.21 Å². The second-order valence-electron chi connectivity index (χ2n) is 2.90. The maximum atomic E-state index is 3.88. The van der Waals surface area contributed by atoms with Crippen LogP contribution < -0.4 is 5.43 Å². The van der Waals surface area contributed by atoms with E-state index in [9.17, 15) is 0 Å². The standard InChI is InChI=1S/C10H10N6/c1-2-5-9(6-3-1)7-4-8-11-12-10-13-15-16-14-10/h1-8H,(H2,12,13,14,15,16). The molecule has 0 atom stereocenters. The predicted octanol–water partition coefficient (Wildman–Crippen LogP) is 1.31. The van der Waals surface area contributed by atoms with Crippen molar-refractivity contribution in [1.82, 2.24) is 20.6 Å². The van der Waals surface area contributed by atoms with Crippen molar-refractivity contribution in [3.63, 3.8) is 0 Å². The van der Waals surface area contributed by atoms with Crippen LogP contribution >= 0.6 is 0 Å². The summed E-state index contributed by atoms with van der Waals surface area (Å²) in [5, 5.41) is 16.9. The van der Waals surface area contributed by atoms with E-state index in [-0.39, 0.29) is 0 Å². The maximum absolute atomic E-state index is 3.88. The average Bonchev–Trinajstić information content (AvgIpc) is 2.83. The van der Waals surface area contributed by atoms with E-state index in [1.807, 2.05) is 42.5 Å². The van der Waals surface area contributed by atoms with Gasteiger partial charge >= 0.3 is 0 Å². The number of rotatable bonds is 4. The van der Waals surface area contributed by atoms with Crippen LogP contribution in [0, 0.1) is 0 Å². The third-order valence-electron chi connectivity index (χ3n) is 1.76. The summed E-state index contributed by atoms with van der Waals surface area (Å²) in [6.45, 7) is 0. The van der Waals surface area contributed by atoms with Gasteiger partial charge in [-0.1, -0.05) is 41.5 Å². The zero-order valence-electron chi connectivity index (χ0n) is 8.41. The third kappa shape index (κ3) is 3.02. The topological polar surface area (TPSA) is 78.9 Å². The molecule has 0 amide bonds. The number of H-pyrrole nitrogens is 1. The molecule has 2 aromatic rings. The fraction of sp³-hybridized carbons (Fsp3) is 0. The number of allylic oxidation sites excluding steroid dienone is 1. The van der Waals surface area contributed by atoms with Crippen molar-refractivity contribution < 1.29 is 0 Å². The van der Waals surface area contributed by atoms with Crippen molar-refractivity contribution in [3.8, 4) is 0 Å². The zero-order valence-corrected chi connectivity index (χ0v) is 8.41. The molecule has 0 aliphatic rings. The molecule has 80 valence electrons. The third-order valence-corrected chi connectivity index (χ3v) is 1.76. The summed E-state index contributed by atoms with van der Waals surface area (Å²) in [6.07, 6.45) is 5.38. The van der Waals surface area contributed by atoms with Crippen LogP contribution in [0.25, 0.3) is 6.08 Å². The molecule has 1 heterocycles. The van der Waals surface area contributed by atoms with Crippen LogP contribution in [0.2, 0.25) is 0 Å². The van der Waals surface area contributed by atoms with E-state index < -0.39 is 0 Å². The first-order valence-corrected chi connectivity index (χ1v) is 4.69. The van der Waals surface area contributed by atoms with Gasteiger partial charge in [-0.3, -0.25) is 0 Å². The van der Waals surface area contributed by atoms with E-state index in [1.165, 1.54) is 0 Å². The van der Waals surface area contributed by atoms with Crippen molar-refractivity contribution >= 4 is 18.2 Å². The van der Waals surface area contributed by atoms with Crippen LogP contribution in [-0.2, 0) is 0 Å². The summed E-state index contributed by atoms with van der Waals surface area (Å²) in [4.78, 5) is 0. The van der Waals surface area contributed by atoms with Gasteiger partial charge in [0.05, 0.1) is 0 Å². The van der Waals surface area contributed by atoms with Crippen molar-refractivity contribution in [2.24, 2.45) is 5.10 Å². The van der Waals surface area contributed by atoms with Gasteiger partial charge in [0.25, 0.3) is 5.95 Å². The van der Waals surface area contributed by atoms with E-state index >= 15 is 0 Å². The Morgan fingerprint density at radius 3 is 2.88 bits per heavy atom. The first-order valence-electron chi connectivity index (χ1n) is 4.69. The first-order chi connectivity index (χ1) is 7.95. The number of hydrogen-bond donors (Lipinski definition) is 2. The molecule has 0 aliphatic heterocycles. The molecule has 2 rings (SSSR count). The van der Waals surface area contributed by atoms with Gasteiger partial charge in [-0.2, -0.15) is 10.3 Å². The molecule has 1 aromatic carbocycles. The van der Waals surface area contributed by atoms with Crippen LogP contribution in [0.4, 0.5) is 5.95 Å². The molecule has 16 heavy (non-hydrogen) atoms. The Bertz CT molecular complexity index is 459. The summed E-state index contributed by atoms with van der Waals surface area (Å²) < 4.78 is 0. The molecule has 6 nitrogen and oxygen atoms in total. The van der Waals surface area contributed by atoms with Crippen LogP contribution in [0.3, 0.4) is 0 Å². The van der Waals surface area contributed by atoms with Gasteiger partial charge in [0.2, 0.25) is 0 Å². The number of benzene rings is 1. The zero-order chi connectivity index (χ0) is 11.1. The lowest BCUT2D eigenvalue weighted by molar-refractivity contribution is 0.881. The fourth-order valence-electron chi connectivity index (χ4n) is 1.07. The van der Waals surface area contributed by atoms with Gasteiger partial charge < -0.3 is 0 Å². The number of hydrogen-bond acceptors (Lipinski definition) is 5. The smallest absolute Gasteiger partial charge is 0.243 e. The Morgan fingerprint density at radius 1 is 1.25 bits per heavy atom. The molecule has 6 heteroatoms. The first kappa shape index (κ1) is 10.0. The van der Waals surface area contributed by atoms with Crippen LogP contribution in [0.5, 0.6) is 0 Å². The molecule has 0 saturated heterocycles. The SMILES string of the molecule is C(=Cc1ccccc1)C=NNc1nn[nH]n1. The second-order valence-corrected chi connectivity index (χ2v) is 2.90. The molecule has 0 unspecified atom stereocenters. The summed E-state index contributed by atoms with van der Waals surface area (Å²) in [5.41, 5.74) is 3.73. The fourth-order valence-corrected chi connectivity index (χ4v) is 1.07. The Kier molecular flexibility index (Phi) is 3.38. The van der Waals surface area contributed by atoms with Crippen molar-refractivity contribution in [2.75, 3.05) is 5.43 Å². The number of tetrazole rings is 1. The average molecular weight is 214 g/mol. The van der Waals surface area contributed by atoms with Crippen LogP contribution in [0.1, 0.15) is 5.56 Å². The molecule has 2 N–H and O–H groups in total. The number of nitrogens with one attached hydrogen (secondary N) is 2. The van der Waals surface area contributed by atoms with E-state index in [0.717, 1.165) is 5.56 Å². The molecule has 0 bridgehead atoms. The number of anilines is 1. The lowest BCUT2D eigenvalue weighted by Gasteiger charge is -1.89. The van der Waals surface area contributed by atoms with Crippen LogP contribution in [0.15, 0.2) is 41.5 Å². The van der Waals surface area contributed by atoms with Crippen molar-refractivity contribution in [1.29, 1.82) is 0 Å². The summed E-state index contributed by atoms with van der Waals surface area (Å²) in [5.74, 6) is 0.337. The normalized spacial score (nSPS) is 11.2. The van der Waals surface area contributed by atoms with E-state index in [4.69, 9.17) is 0 Å². The second kappa shape index (κ2) is 5.40. The highest BCUT2D eigenvalue weighted by Crippen LogP contribution is 1.99.